The fourth-order valence-electron chi connectivity index (χ4n) is 6.06. The first kappa shape index (κ1) is 26.0. The molecule has 2 aromatic carbocycles. The molecule has 0 unspecified atom stereocenters. The number of oxime groups is 1. The van der Waals surface area contributed by atoms with Gasteiger partial charge < -0.3 is 14.7 Å². The lowest BCUT2D eigenvalue weighted by Gasteiger charge is -2.53. The molecule has 0 saturated heterocycles. The molecule has 5 nitrogen and oxygen atoms in total. The molecule has 4 rings (SSSR count). The largest absolute Gasteiger partial charge is 0.494 e. The first-order chi connectivity index (χ1) is 17.2. The highest BCUT2D eigenvalue weighted by molar-refractivity contribution is 6.04. The van der Waals surface area contributed by atoms with Crippen LogP contribution in [0.25, 0.3) is 0 Å². The van der Waals surface area contributed by atoms with Gasteiger partial charge in [-0.1, -0.05) is 54.4 Å². The summed E-state index contributed by atoms with van der Waals surface area (Å²) in [6.45, 7) is 9.24. The summed E-state index contributed by atoms with van der Waals surface area (Å²) in [5, 5.41) is 14.8. The smallest absolute Gasteiger partial charge is 0.309 e. The van der Waals surface area contributed by atoms with E-state index >= 15 is 0 Å². The molecule has 0 amide bonds. The first-order valence-electron chi connectivity index (χ1n) is 13.1. The van der Waals surface area contributed by atoms with Crippen molar-refractivity contribution in [2.75, 3.05) is 13.2 Å². The van der Waals surface area contributed by atoms with Crippen LogP contribution in [0.15, 0.2) is 65.3 Å². The van der Waals surface area contributed by atoms with E-state index in [1.807, 2.05) is 39.0 Å². The summed E-state index contributed by atoms with van der Waals surface area (Å²) in [5.74, 6) is 0.0407. The average molecular weight is 490 g/mol. The van der Waals surface area contributed by atoms with Crippen molar-refractivity contribution >= 4 is 11.7 Å². The molecule has 1 N–H and O–H groups in total. The highest BCUT2D eigenvalue weighted by Gasteiger charge is 2.56. The summed E-state index contributed by atoms with van der Waals surface area (Å²) in [5.41, 5.74) is 4.44. The maximum Gasteiger partial charge on any atom is 0.309 e. The van der Waals surface area contributed by atoms with Gasteiger partial charge in [-0.2, -0.15) is 0 Å². The van der Waals surface area contributed by atoms with E-state index in [1.165, 1.54) is 11.1 Å². The Hall–Kier alpha value is -3.08. The molecule has 36 heavy (non-hydrogen) atoms. The molecular formula is C31H39NO4. The van der Waals surface area contributed by atoms with E-state index in [-0.39, 0.29) is 11.3 Å². The number of hydrogen-bond acceptors (Lipinski definition) is 4. The Morgan fingerprint density at radius 2 is 1.92 bits per heavy atom. The van der Waals surface area contributed by atoms with Gasteiger partial charge in [0.1, 0.15) is 12.4 Å². The minimum absolute atomic E-state index is 0.0668. The van der Waals surface area contributed by atoms with Gasteiger partial charge in [0.25, 0.3) is 0 Å². The summed E-state index contributed by atoms with van der Waals surface area (Å²) in [7, 11) is 0. The Labute approximate surface area is 215 Å². The van der Waals surface area contributed by atoms with Gasteiger partial charge >= 0.3 is 5.97 Å². The Kier molecular flexibility index (Phi) is 7.87. The fourth-order valence-corrected chi connectivity index (χ4v) is 6.06. The van der Waals surface area contributed by atoms with E-state index < -0.39 is 11.4 Å². The predicted molar refractivity (Wildman–Crippen MR) is 144 cm³/mol. The number of rotatable bonds is 9. The van der Waals surface area contributed by atoms with Crippen LogP contribution in [0.1, 0.15) is 76.5 Å². The van der Waals surface area contributed by atoms with Crippen molar-refractivity contribution in [1.29, 1.82) is 0 Å². The van der Waals surface area contributed by atoms with Gasteiger partial charge in [0.15, 0.2) is 0 Å². The van der Waals surface area contributed by atoms with Crippen LogP contribution in [-0.2, 0) is 21.5 Å². The molecule has 0 heterocycles. The van der Waals surface area contributed by atoms with Crippen LogP contribution < -0.4 is 4.74 Å². The Bertz CT molecular complexity index is 1130. The quantitative estimate of drug-likeness (QED) is 0.235. The van der Waals surface area contributed by atoms with E-state index in [0.717, 1.165) is 48.3 Å². The number of ether oxygens (including phenoxy) is 1. The third-order valence-corrected chi connectivity index (χ3v) is 8.20. The van der Waals surface area contributed by atoms with Crippen LogP contribution in [0.3, 0.4) is 0 Å². The van der Waals surface area contributed by atoms with Gasteiger partial charge in [0, 0.05) is 5.56 Å². The zero-order valence-corrected chi connectivity index (χ0v) is 22.0. The van der Waals surface area contributed by atoms with Gasteiger partial charge in [-0.15, -0.1) is 0 Å². The van der Waals surface area contributed by atoms with Crippen molar-refractivity contribution in [3.8, 4) is 5.75 Å². The van der Waals surface area contributed by atoms with Gasteiger partial charge in [-0.25, -0.2) is 0 Å². The van der Waals surface area contributed by atoms with Gasteiger partial charge in [-0.3, -0.25) is 4.79 Å². The monoisotopic (exact) mass is 489 g/mol. The molecule has 0 aromatic heterocycles. The normalized spacial score (nSPS) is 26.0. The van der Waals surface area contributed by atoms with Crippen LogP contribution in [0.5, 0.6) is 5.75 Å². The standard InChI is InChI=1S/C31H39NO4/c1-22(2)15-19-36-32-27-21-28-30(3,16-9-17-31(28,4)29(33)34)26-20-24(13-14-25(26)27)35-18-8-12-23-10-6-5-7-11-23/h5-7,10-11,13-15,20,28H,8-9,12,16-19,21H2,1-4H3,(H,33,34)/b32-27+/t28-,30-,31+/m1/s1. The van der Waals surface area contributed by atoms with Crippen molar-refractivity contribution in [1.82, 2.24) is 0 Å². The van der Waals surface area contributed by atoms with Crippen molar-refractivity contribution in [2.45, 2.75) is 71.6 Å². The number of aryl methyl sites for hydroxylation is 1. The van der Waals surface area contributed by atoms with Crippen LogP contribution in [0.2, 0.25) is 0 Å². The number of hydrogen-bond donors (Lipinski definition) is 1. The summed E-state index contributed by atoms with van der Waals surface area (Å²) >= 11 is 0. The second-order valence-corrected chi connectivity index (χ2v) is 11.0. The summed E-state index contributed by atoms with van der Waals surface area (Å²) in [4.78, 5) is 18.1. The predicted octanol–water partition coefficient (Wildman–Crippen LogP) is 6.94. The Morgan fingerprint density at radius 3 is 2.64 bits per heavy atom. The van der Waals surface area contributed by atoms with Crippen LogP contribution >= 0.6 is 0 Å². The number of nitrogens with zero attached hydrogens (tertiary/aromatic N) is 1. The topological polar surface area (TPSA) is 68.1 Å². The second-order valence-electron chi connectivity index (χ2n) is 11.0. The lowest BCUT2D eigenvalue weighted by atomic mass is 9.49. The number of allylic oxidation sites excluding steroid dienone is 1. The highest BCUT2D eigenvalue weighted by atomic mass is 16.6. The third kappa shape index (κ3) is 5.35. The molecule has 1 saturated carbocycles. The van der Waals surface area contributed by atoms with Crippen molar-refractivity contribution in [3.63, 3.8) is 0 Å². The molecule has 2 aliphatic rings. The van der Waals surface area contributed by atoms with E-state index in [9.17, 15) is 9.90 Å². The SMILES string of the molecule is CC(C)=CCO/N=C1\C[C@H]2[C@@](C)(C(=O)O)CCC[C@]2(C)c2cc(OCCCc3ccccc3)ccc21. The van der Waals surface area contributed by atoms with Crippen molar-refractivity contribution < 1.29 is 19.5 Å². The lowest BCUT2D eigenvalue weighted by Crippen LogP contribution is -2.53. The minimum atomic E-state index is -0.808. The number of carbonyl (C=O) groups is 1. The summed E-state index contributed by atoms with van der Waals surface area (Å²) in [6, 6.07) is 16.7. The summed E-state index contributed by atoms with van der Waals surface area (Å²) in [6.07, 6.45) is 7.02. The van der Waals surface area contributed by atoms with Crippen molar-refractivity contribution in [2.24, 2.45) is 16.5 Å². The van der Waals surface area contributed by atoms with E-state index in [2.05, 4.69) is 48.5 Å². The highest BCUT2D eigenvalue weighted by Crippen LogP contribution is 2.57. The van der Waals surface area contributed by atoms with Gasteiger partial charge in [-0.05, 0) is 99.6 Å². The molecule has 192 valence electrons. The number of benzene rings is 2. The number of carboxylic acid groups (broad SMARTS) is 1. The molecule has 2 aliphatic carbocycles. The Balaban J connectivity index is 1.61. The molecule has 0 bridgehead atoms. The molecule has 3 atom stereocenters. The number of aliphatic carboxylic acids is 1. The van der Waals surface area contributed by atoms with Crippen molar-refractivity contribution in [3.05, 3.63) is 76.9 Å². The zero-order chi connectivity index (χ0) is 25.8. The van der Waals surface area contributed by atoms with Crippen LogP contribution in [0.4, 0.5) is 0 Å². The average Bonchev–Trinajstić information content (AvgIpc) is 2.85. The van der Waals surface area contributed by atoms with E-state index in [0.29, 0.717) is 26.1 Å². The minimum Gasteiger partial charge on any atom is -0.494 e. The van der Waals surface area contributed by atoms with Crippen LogP contribution in [-0.4, -0.2) is 30.0 Å². The molecule has 2 aromatic rings. The first-order valence-corrected chi connectivity index (χ1v) is 13.1. The maximum atomic E-state index is 12.5. The zero-order valence-electron chi connectivity index (χ0n) is 22.0. The molecular weight excluding hydrogens is 450 g/mol. The molecule has 0 spiro atoms. The van der Waals surface area contributed by atoms with E-state index in [4.69, 9.17) is 9.57 Å². The maximum absolute atomic E-state index is 12.5. The second kappa shape index (κ2) is 10.9. The molecule has 0 radical (unpaired) electrons. The fraction of sp³-hybridized carbons (Fsp3) is 0.484. The Morgan fingerprint density at radius 1 is 1.14 bits per heavy atom. The number of carboxylic acids is 1. The lowest BCUT2D eigenvalue weighted by molar-refractivity contribution is -0.156. The van der Waals surface area contributed by atoms with Crippen LogP contribution in [0, 0.1) is 11.3 Å². The third-order valence-electron chi connectivity index (χ3n) is 8.20. The summed E-state index contributed by atoms with van der Waals surface area (Å²) < 4.78 is 6.18. The molecule has 0 aliphatic heterocycles. The van der Waals surface area contributed by atoms with E-state index in [1.54, 1.807) is 0 Å². The molecule has 1 fully saturated rings. The number of fused-ring (bicyclic) bond motifs is 3. The van der Waals surface area contributed by atoms with Gasteiger partial charge in [0.05, 0.1) is 17.7 Å². The van der Waals surface area contributed by atoms with Gasteiger partial charge in [0.2, 0.25) is 0 Å². The molecule has 5 heteroatoms.